The maximum atomic E-state index is 12.9. The van der Waals surface area contributed by atoms with E-state index in [-0.39, 0.29) is 11.3 Å². The lowest BCUT2D eigenvalue weighted by Gasteiger charge is -2.07. The van der Waals surface area contributed by atoms with Gasteiger partial charge in [-0.25, -0.2) is 9.59 Å². The Bertz CT molecular complexity index is 2540. The van der Waals surface area contributed by atoms with Crippen molar-refractivity contribution in [3.05, 3.63) is 142 Å². The molecular weight excluding hydrogens is 536 g/mol. The van der Waals surface area contributed by atoms with E-state index < -0.39 is 0 Å². The fourth-order valence-corrected chi connectivity index (χ4v) is 6.26. The largest absolute Gasteiger partial charge is 0.456 e. The van der Waals surface area contributed by atoms with E-state index in [1.807, 2.05) is 109 Å². The standard InChI is InChI=1S/C38H20O5/c39-37-31-19-21(9-13-25(31)27-5-1-3-7-33(27)42-37)23-11-15-35-29(17-23)30-18-24(12-16-36(30)41-35)22-10-14-26-28-6-2-4-8-34(28)43-38(40)32(26)20-22/h1-20H. The number of furan rings is 1. The maximum absolute atomic E-state index is 12.9. The van der Waals surface area contributed by atoms with Crippen LogP contribution in [0, 0.1) is 0 Å². The Kier molecular flexibility index (Phi) is 4.85. The molecule has 0 atom stereocenters. The van der Waals surface area contributed by atoms with Crippen molar-refractivity contribution < 1.29 is 13.3 Å². The highest BCUT2D eigenvalue weighted by atomic mass is 16.4. The first kappa shape index (κ1) is 23.7. The molecule has 43 heavy (non-hydrogen) atoms. The fraction of sp³-hybridized carbons (Fsp3) is 0. The molecule has 0 saturated carbocycles. The van der Waals surface area contributed by atoms with Gasteiger partial charge in [0.15, 0.2) is 0 Å². The zero-order valence-electron chi connectivity index (χ0n) is 22.6. The lowest BCUT2D eigenvalue weighted by Crippen LogP contribution is -2.00. The van der Waals surface area contributed by atoms with Gasteiger partial charge in [0.05, 0.1) is 10.8 Å². The molecule has 3 heterocycles. The second kappa shape index (κ2) is 8.78. The van der Waals surface area contributed by atoms with Crippen molar-refractivity contribution in [2.75, 3.05) is 0 Å². The van der Waals surface area contributed by atoms with Crippen molar-refractivity contribution in [2.45, 2.75) is 0 Å². The van der Waals surface area contributed by atoms with Crippen molar-refractivity contribution in [3.8, 4) is 22.3 Å². The third-order valence-electron chi connectivity index (χ3n) is 8.37. The second-order valence-electron chi connectivity index (χ2n) is 10.8. The highest BCUT2D eigenvalue weighted by Crippen LogP contribution is 2.36. The van der Waals surface area contributed by atoms with Crippen LogP contribution in [0.3, 0.4) is 0 Å². The molecule has 202 valence electrons. The van der Waals surface area contributed by atoms with Gasteiger partial charge >= 0.3 is 11.3 Å². The molecule has 0 radical (unpaired) electrons. The molecule has 0 bridgehead atoms. The monoisotopic (exact) mass is 556 g/mol. The van der Waals surface area contributed by atoms with E-state index in [2.05, 4.69) is 12.1 Å². The van der Waals surface area contributed by atoms with Crippen LogP contribution >= 0.6 is 0 Å². The molecule has 6 aromatic carbocycles. The van der Waals surface area contributed by atoms with E-state index in [0.717, 1.165) is 65.7 Å². The van der Waals surface area contributed by atoms with Gasteiger partial charge in [0.1, 0.15) is 22.3 Å². The summed E-state index contributed by atoms with van der Waals surface area (Å²) in [6.45, 7) is 0. The zero-order chi connectivity index (χ0) is 28.7. The summed E-state index contributed by atoms with van der Waals surface area (Å²) in [5, 5.41) is 6.57. The Morgan fingerprint density at radius 2 is 0.674 bits per heavy atom. The molecule has 9 aromatic rings. The van der Waals surface area contributed by atoms with Crippen LogP contribution in [0.15, 0.2) is 144 Å². The maximum Gasteiger partial charge on any atom is 0.344 e. The molecule has 0 N–H and O–H groups in total. The molecule has 0 aliphatic carbocycles. The highest BCUT2D eigenvalue weighted by molar-refractivity contribution is 6.10. The average Bonchev–Trinajstić information content (AvgIpc) is 3.42. The second-order valence-corrected chi connectivity index (χ2v) is 10.8. The number of benzene rings is 6. The first-order valence-electron chi connectivity index (χ1n) is 14.0. The van der Waals surface area contributed by atoms with Crippen molar-refractivity contribution in [1.82, 2.24) is 0 Å². The van der Waals surface area contributed by atoms with E-state index in [1.54, 1.807) is 0 Å². The first-order valence-corrected chi connectivity index (χ1v) is 14.0. The normalized spacial score (nSPS) is 11.9. The van der Waals surface area contributed by atoms with Gasteiger partial charge in [-0.1, -0.05) is 72.8 Å². The zero-order valence-corrected chi connectivity index (χ0v) is 22.6. The third-order valence-corrected chi connectivity index (χ3v) is 8.37. The van der Waals surface area contributed by atoms with Gasteiger partial charge in [-0.15, -0.1) is 0 Å². The fourth-order valence-electron chi connectivity index (χ4n) is 6.26. The van der Waals surface area contributed by atoms with Crippen LogP contribution < -0.4 is 11.3 Å². The third kappa shape index (κ3) is 3.58. The lowest BCUT2D eigenvalue weighted by atomic mass is 9.97. The molecule has 0 saturated heterocycles. The molecule has 0 aliphatic heterocycles. The van der Waals surface area contributed by atoms with E-state index in [4.69, 9.17) is 13.3 Å². The molecule has 0 fully saturated rings. The van der Waals surface area contributed by atoms with Crippen molar-refractivity contribution in [2.24, 2.45) is 0 Å². The Morgan fingerprint density at radius 1 is 0.302 bits per heavy atom. The summed E-state index contributed by atoms with van der Waals surface area (Å²) >= 11 is 0. The van der Waals surface area contributed by atoms with Crippen LogP contribution in [-0.2, 0) is 0 Å². The topological polar surface area (TPSA) is 73.6 Å². The number of para-hydroxylation sites is 2. The Hall–Kier alpha value is -5.94. The minimum absolute atomic E-state index is 0.354. The summed E-state index contributed by atoms with van der Waals surface area (Å²) in [5.74, 6) is 0. The summed E-state index contributed by atoms with van der Waals surface area (Å²) in [6.07, 6.45) is 0. The van der Waals surface area contributed by atoms with E-state index in [9.17, 15) is 9.59 Å². The predicted octanol–water partition coefficient (Wildman–Crippen LogP) is 9.44. The molecule has 5 nitrogen and oxygen atoms in total. The van der Waals surface area contributed by atoms with Crippen LogP contribution in [0.5, 0.6) is 0 Å². The summed E-state index contributed by atoms with van der Waals surface area (Å²) in [7, 11) is 0. The first-order chi connectivity index (χ1) is 21.1. The van der Waals surface area contributed by atoms with Gasteiger partial charge in [-0.2, -0.15) is 0 Å². The predicted molar refractivity (Wildman–Crippen MR) is 172 cm³/mol. The minimum atomic E-state index is -0.354. The van der Waals surface area contributed by atoms with E-state index >= 15 is 0 Å². The number of fused-ring (bicyclic) bond motifs is 9. The van der Waals surface area contributed by atoms with Crippen LogP contribution in [0.1, 0.15) is 0 Å². The molecule has 9 rings (SSSR count). The average molecular weight is 557 g/mol. The molecule has 3 aromatic heterocycles. The molecule has 0 amide bonds. The Morgan fingerprint density at radius 3 is 1.14 bits per heavy atom. The molecule has 5 heteroatoms. The highest BCUT2D eigenvalue weighted by Gasteiger charge is 2.14. The van der Waals surface area contributed by atoms with Gasteiger partial charge in [0.2, 0.25) is 0 Å². The Labute approximate surface area is 242 Å². The van der Waals surface area contributed by atoms with E-state index in [1.165, 1.54) is 0 Å². The van der Waals surface area contributed by atoms with Crippen LogP contribution in [-0.4, -0.2) is 0 Å². The summed E-state index contributed by atoms with van der Waals surface area (Å²) < 4.78 is 17.4. The lowest BCUT2D eigenvalue weighted by molar-refractivity contribution is 0.569. The van der Waals surface area contributed by atoms with Crippen molar-refractivity contribution in [3.63, 3.8) is 0 Å². The van der Waals surface area contributed by atoms with Gasteiger partial charge in [0.25, 0.3) is 0 Å². The van der Waals surface area contributed by atoms with Crippen LogP contribution in [0.25, 0.3) is 87.7 Å². The van der Waals surface area contributed by atoms with Gasteiger partial charge < -0.3 is 13.3 Å². The van der Waals surface area contributed by atoms with Crippen molar-refractivity contribution >= 4 is 65.4 Å². The number of hydrogen-bond donors (Lipinski definition) is 0. The molecule has 0 unspecified atom stereocenters. The number of hydrogen-bond acceptors (Lipinski definition) is 5. The molecule has 0 spiro atoms. The molecular formula is C38H20O5. The quantitative estimate of drug-likeness (QED) is 0.157. The van der Waals surface area contributed by atoms with Gasteiger partial charge in [-0.3, -0.25) is 0 Å². The van der Waals surface area contributed by atoms with Crippen molar-refractivity contribution in [1.29, 1.82) is 0 Å². The Balaban J connectivity index is 1.19. The SMILES string of the molecule is O=c1oc2ccccc2c2ccc(-c3ccc4oc5ccc(-c6ccc7c(c6)c(=O)oc6ccccc67)cc5c4c3)cc12. The smallest absolute Gasteiger partial charge is 0.344 e. The summed E-state index contributed by atoms with van der Waals surface area (Å²) in [4.78, 5) is 25.7. The minimum Gasteiger partial charge on any atom is -0.456 e. The van der Waals surface area contributed by atoms with Gasteiger partial charge in [-0.05, 0) is 81.6 Å². The number of rotatable bonds is 2. The molecule has 0 aliphatic rings. The van der Waals surface area contributed by atoms with Crippen LogP contribution in [0.2, 0.25) is 0 Å². The summed E-state index contributed by atoms with van der Waals surface area (Å²) in [6, 6.07) is 39.1. The van der Waals surface area contributed by atoms with Gasteiger partial charge in [0, 0.05) is 21.5 Å². The van der Waals surface area contributed by atoms with Crippen LogP contribution in [0.4, 0.5) is 0 Å². The van der Waals surface area contributed by atoms with E-state index in [0.29, 0.717) is 21.9 Å². The summed E-state index contributed by atoms with van der Waals surface area (Å²) in [5.41, 5.74) is 5.74.